The lowest BCUT2D eigenvalue weighted by Gasteiger charge is -1.88. The van der Waals surface area contributed by atoms with E-state index >= 15 is 0 Å². The molecule has 1 aliphatic rings. The highest BCUT2D eigenvalue weighted by atomic mass is 35.5. The molecule has 0 radical (unpaired) electrons. The smallest absolute Gasteiger partial charge is 0.306 e. The lowest BCUT2D eigenvalue weighted by atomic mass is 10.5. The van der Waals surface area contributed by atoms with Crippen molar-refractivity contribution in [3.63, 3.8) is 0 Å². The summed E-state index contributed by atoms with van der Waals surface area (Å²) in [6, 6.07) is 0. The van der Waals surface area contributed by atoms with E-state index in [-0.39, 0.29) is 30.8 Å². The second kappa shape index (κ2) is 6.45. The average Bonchev–Trinajstić information content (AvgIpc) is 1.94. The Balaban J connectivity index is 0. The van der Waals surface area contributed by atoms with E-state index in [4.69, 9.17) is 5.11 Å². The molecule has 0 unspecified atom stereocenters. The Morgan fingerprint density at radius 1 is 1.30 bits per heavy atom. The van der Waals surface area contributed by atoms with Crippen LogP contribution in [-0.2, 0) is 4.84 Å². The molecule has 5 heteroatoms. The lowest BCUT2D eigenvalue weighted by Crippen LogP contribution is -1.78. The highest BCUT2D eigenvalue weighted by Gasteiger charge is 1.87. The van der Waals surface area contributed by atoms with E-state index in [0.29, 0.717) is 0 Å². The van der Waals surface area contributed by atoms with E-state index in [1.165, 1.54) is 12.3 Å². The molecule has 0 aromatic rings. The Kier molecular flexibility index (Phi) is 7.77. The van der Waals surface area contributed by atoms with E-state index < -0.39 is 0 Å². The summed E-state index contributed by atoms with van der Waals surface area (Å²) in [5, 5.41) is 11.9. The summed E-state index contributed by atoms with van der Waals surface area (Å²) in [4.78, 5) is 4.33. The van der Waals surface area contributed by atoms with Crippen molar-refractivity contribution < 1.29 is 9.94 Å². The van der Waals surface area contributed by atoms with Gasteiger partial charge in [0.2, 0.25) is 0 Å². The monoisotopic (exact) mass is 183 g/mol. The Morgan fingerprint density at radius 2 is 2.00 bits per heavy atom. The van der Waals surface area contributed by atoms with Crippen LogP contribution in [0.5, 0.6) is 0 Å². The van der Waals surface area contributed by atoms with Crippen LogP contribution in [0, 0.1) is 0 Å². The van der Waals surface area contributed by atoms with Crippen LogP contribution in [0.25, 0.3) is 0 Å². The van der Waals surface area contributed by atoms with E-state index in [0.717, 1.165) is 0 Å². The molecule has 1 N–H and O–H groups in total. The minimum absolute atomic E-state index is 0. The van der Waals surface area contributed by atoms with Gasteiger partial charge in [0, 0.05) is 6.08 Å². The van der Waals surface area contributed by atoms with Crippen molar-refractivity contribution in [2.24, 2.45) is 5.16 Å². The van der Waals surface area contributed by atoms with Gasteiger partial charge in [-0.25, -0.2) is 0 Å². The predicted molar refractivity (Wildman–Crippen MR) is 43.9 cm³/mol. The van der Waals surface area contributed by atoms with Crippen LogP contribution in [0.3, 0.4) is 0 Å². The second-order valence-corrected chi connectivity index (χ2v) is 1.24. The topological polar surface area (TPSA) is 41.8 Å². The van der Waals surface area contributed by atoms with Gasteiger partial charge in [-0.15, -0.1) is 24.8 Å². The summed E-state index contributed by atoms with van der Waals surface area (Å²) >= 11 is 0. The van der Waals surface area contributed by atoms with Crippen molar-refractivity contribution >= 4 is 31.0 Å². The first kappa shape index (κ1) is 12.0. The van der Waals surface area contributed by atoms with Crippen molar-refractivity contribution in [2.45, 2.75) is 0 Å². The molecule has 0 saturated heterocycles. The van der Waals surface area contributed by atoms with Gasteiger partial charge < -0.3 is 9.94 Å². The summed E-state index contributed by atoms with van der Waals surface area (Å²) in [6.07, 6.45) is 6.14. The molecule has 0 spiro atoms. The third-order valence-corrected chi connectivity index (χ3v) is 0.643. The van der Waals surface area contributed by atoms with Gasteiger partial charge >= 0.3 is 5.95 Å². The van der Waals surface area contributed by atoms with Crippen LogP contribution in [0.15, 0.2) is 29.3 Å². The van der Waals surface area contributed by atoms with Crippen LogP contribution < -0.4 is 0 Å². The van der Waals surface area contributed by atoms with Gasteiger partial charge in [-0.05, 0) is 6.08 Å². The van der Waals surface area contributed by atoms with E-state index in [2.05, 4.69) is 9.99 Å². The number of aliphatic hydroxyl groups excluding tert-OH is 1. The van der Waals surface area contributed by atoms with E-state index in [1.807, 2.05) is 0 Å². The van der Waals surface area contributed by atoms with Crippen LogP contribution in [0.2, 0.25) is 0 Å². The highest BCUT2D eigenvalue weighted by molar-refractivity contribution is 5.85. The third-order valence-electron chi connectivity index (χ3n) is 0.643. The summed E-state index contributed by atoms with van der Waals surface area (Å²) in [5.74, 6) is -0.185. The highest BCUT2D eigenvalue weighted by Crippen LogP contribution is 1.94. The Bertz CT molecular complexity index is 165. The van der Waals surface area contributed by atoms with Gasteiger partial charge in [0.25, 0.3) is 0 Å². The van der Waals surface area contributed by atoms with Crippen LogP contribution in [0.4, 0.5) is 0 Å². The first-order valence-electron chi connectivity index (χ1n) is 2.16. The minimum Gasteiger partial charge on any atom is -0.479 e. The van der Waals surface area contributed by atoms with E-state index in [9.17, 15) is 0 Å². The molecular weight excluding hydrogens is 177 g/mol. The molecule has 0 fully saturated rings. The molecule has 0 aromatic carbocycles. The standard InChI is InChI=1S/C5H5NO2.2ClH/c7-5-3-1-2-4-6-8-5;;/h1-4,7H;2*1H. The van der Waals surface area contributed by atoms with Gasteiger partial charge in [0.1, 0.15) is 0 Å². The molecule has 0 saturated carbocycles. The van der Waals surface area contributed by atoms with E-state index in [1.54, 1.807) is 12.2 Å². The van der Waals surface area contributed by atoms with Crippen LogP contribution in [-0.4, -0.2) is 11.3 Å². The zero-order valence-electron chi connectivity index (χ0n) is 4.93. The molecule has 0 aromatic heterocycles. The van der Waals surface area contributed by atoms with Crippen LogP contribution >= 0.6 is 24.8 Å². The maximum Gasteiger partial charge on any atom is 0.306 e. The first-order chi connectivity index (χ1) is 3.89. The maximum absolute atomic E-state index is 8.56. The number of allylic oxidation sites excluding steroid dienone is 3. The Hall–Kier alpha value is -0.670. The van der Waals surface area contributed by atoms with Crippen molar-refractivity contribution in [1.29, 1.82) is 0 Å². The SMILES string of the molecule is Cl.Cl.OC1=CC=CC=NO1. The second-order valence-electron chi connectivity index (χ2n) is 1.24. The minimum atomic E-state index is -0.185. The number of oxime groups is 1. The molecule has 1 rings (SSSR count). The van der Waals surface area contributed by atoms with Gasteiger partial charge in [-0.3, -0.25) is 0 Å². The maximum atomic E-state index is 8.56. The zero-order chi connectivity index (χ0) is 5.82. The average molecular weight is 184 g/mol. The molecule has 1 heterocycles. The quantitative estimate of drug-likeness (QED) is 0.623. The van der Waals surface area contributed by atoms with Crippen molar-refractivity contribution in [2.75, 3.05) is 0 Å². The van der Waals surface area contributed by atoms with Crippen molar-refractivity contribution in [1.82, 2.24) is 0 Å². The molecule has 0 bridgehead atoms. The fourth-order valence-electron chi connectivity index (χ4n) is 0.338. The molecular formula is C5H7Cl2NO2. The van der Waals surface area contributed by atoms with Gasteiger partial charge in [-0.1, -0.05) is 11.2 Å². The summed E-state index contributed by atoms with van der Waals surface area (Å²) in [6.45, 7) is 0. The molecule has 58 valence electrons. The number of hydrogen-bond donors (Lipinski definition) is 1. The fourth-order valence-corrected chi connectivity index (χ4v) is 0.338. The van der Waals surface area contributed by atoms with Gasteiger partial charge in [-0.2, -0.15) is 0 Å². The van der Waals surface area contributed by atoms with Gasteiger partial charge in [0.05, 0.1) is 6.21 Å². The Morgan fingerprint density at radius 3 is 2.70 bits per heavy atom. The molecule has 0 amide bonds. The number of rotatable bonds is 0. The third kappa shape index (κ3) is 4.23. The normalized spacial score (nSPS) is 13.4. The summed E-state index contributed by atoms with van der Waals surface area (Å²) in [7, 11) is 0. The van der Waals surface area contributed by atoms with Crippen molar-refractivity contribution in [3.8, 4) is 0 Å². The number of aliphatic hydroxyl groups is 1. The fraction of sp³-hybridized carbons (Fsp3) is 0. The molecule has 0 aliphatic carbocycles. The Labute approximate surface area is 70.9 Å². The molecule has 1 aliphatic heterocycles. The lowest BCUT2D eigenvalue weighted by molar-refractivity contribution is 0.101. The molecule has 3 nitrogen and oxygen atoms in total. The number of hydrogen-bond acceptors (Lipinski definition) is 3. The molecule has 0 atom stereocenters. The van der Waals surface area contributed by atoms with Crippen LogP contribution in [0.1, 0.15) is 0 Å². The number of halogens is 2. The zero-order valence-corrected chi connectivity index (χ0v) is 6.56. The molecule has 10 heavy (non-hydrogen) atoms. The number of nitrogens with zero attached hydrogens (tertiary/aromatic N) is 1. The van der Waals surface area contributed by atoms with Gasteiger partial charge in [0.15, 0.2) is 0 Å². The first-order valence-corrected chi connectivity index (χ1v) is 2.16. The largest absolute Gasteiger partial charge is 0.479 e. The summed E-state index contributed by atoms with van der Waals surface area (Å²) < 4.78 is 0. The summed E-state index contributed by atoms with van der Waals surface area (Å²) in [5.41, 5.74) is 0. The van der Waals surface area contributed by atoms with Crippen molar-refractivity contribution in [3.05, 3.63) is 24.2 Å². The predicted octanol–water partition coefficient (Wildman–Crippen LogP) is 1.80.